The summed E-state index contributed by atoms with van der Waals surface area (Å²) in [7, 11) is 0. The van der Waals surface area contributed by atoms with E-state index in [1.54, 1.807) is 0 Å². The molecule has 0 spiro atoms. The van der Waals surface area contributed by atoms with Gasteiger partial charge in [-0.15, -0.1) is 0 Å². The highest BCUT2D eigenvalue weighted by molar-refractivity contribution is 5.91. The first-order chi connectivity index (χ1) is 15.6. The number of hydrogen-bond donors (Lipinski definition) is 0. The topological polar surface area (TPSA) is 26.3 Å². The molecule has 0 radical (unpaired) electrons. The van der Waals surface area contributed by atoms with Crippen molar-refractivity contribution in [3.05, 3.63) is 65.2 Å². The van der Waals surface area contributed by atoms with Gasteiger partial charge in [-0.3, -0.25) is 0 Å². The third-order valence-electron chi connectivity index (χ3n) is 7.31. The van der Waals surface area contributed by atoms with Crippen molar-refractivity contribution in [1.82, 2.24) is 0 Å². The Bertz CT molecular complexity index is 798. The van der Waals surface area contributed by atoms with Crippen molar-refractivity contribution in [3.63, 3.8) is 0 Å². The summed E-state index contributed by atoms with van der Waals surface area (Å²) in [6.07, 6.45) is 14.6. The first-order valence-electron chi connectivity index (χ1n) is 13.0. The monoisotopic (exact) mass is 434 g/mol. The Kier molecular flexibility index (Phi) is 9.84. The lowest BCUT2D eigenvalue weighted by molar-refractivity contribution is 0.0734. The molecule has 1 aliphatic carbocycles. The van der Waals surface area contributed by atoms with Gasteiger partial charge in [0.1, 0.15) is 5.75 Å². The van der Waals surface area contributed by atoms with Crippen molar-refractivity contribution in [2.24, 2.45) is 5.92 Å². The predicted molar refractivity (Wildman–Crippen MR) is 135 cm³/mol. The Morgan fingerprint density at radius 2 is 1.56 bits per heavy atom. The number of carbonyl (C=O) groups is 1. The van der Waals surface area contributed by atoms with Gasteiger partial charge >= 0.3 is 5.97 Å². The summed E-state index contributed by atoms with van der Waals surface area (Å²) >= 11 is 0. The summed E-state index contributed by atoms with van der Waals surface area (Å²) in [6, 6.07) is 16.1. The number of benzene rings is 2. The molecule has 1 atom stereocenters. The van der Waals surface area contributed by atoms with Crippen molar-refractivity contribution in [3.8, 4) is 5.75 Å². The summed E-state index contributed by atoms with van der Waals surface area (Å²) < 4.78 is 5.63. The Morgan fingerprint density at radius 1 is 0.875 bits per heavy atom. The van der Waals surface area contributed by atoms with E-state index in [-0.39, 0.29) is 5.97 Å². The van der Waals surface area contributed by atoms with E-state index in [9.17, 15) is 4.79 Å². The van der Waals surface area contributed by atoms with Crippen molar-refractivity contribution in [2.75, 3.05) is 0 Å². The number of carbonyl (C=O) groups excluding carboxylic acids is 1. The van der Waals surface area contributed by atoms with Crippen LogP contribution in [0, 0.1) is 5.92 Å². The van der Waals surface area contributed by atoms with Gasteiger partial charge in [-0.1, -0.05) is 83.6 Å². The lowest BCUT2D eigenvalue weighted by Gasteiger charge is -2.29. The minimum absolute atomic E-state index is 0.281. The largest absolute Gasteiger partial charge is 0.423 e. The molecule has 0 amide bonds. The molecule has 0 bridgehead atoms. The molecule has 0 N–H and O–H groups in total. The van der Waals surface area contributed by atoms with Crippen LogP contribution in [0.15, 0.2) is 48.5 Å². The van der Waals surface area contributed by atoms with Gasteiger partial charge in [-0.25, -0.2) is 4.79 Å². The van der Waals surface area contributed by atoms with E-state index in [1.165, 1.54) is 75.3 Å². The minimum atomic E-state index is -0.281. The highest BCUT2D eigenvalue weighted by Crippen LogP contribution is 2.38. The molecule has 1 saturated carbocycles. The van der Waals surface area contributed by atoms with E-state index in [0.29, 0.717) is 23.1 Å². The number of unbranched alkanes of at least 4 members (excludes halogenated alkanes) is 3. The smallest absolute Gasteiger partial charge is 0.343 e. The van der Waals surface area contributed by atoms with Crippen molar-refractivity contribution >= 4 is 5.97 Å². The highest BCUT2D eigenvalue weighted by Gasteiger charge is 2.22. The van der Waals surface area contributed by atoms with Crippen LogP contribution in [0.4, 0.5) is 0 Å². The molecule has 1 aliphatic rings. The minimum Gasteiger partial charge on any atom is -0.423 e. The van der Waals surface area contributed by atoms with Gasteiger partial charge in [-0.05, 0) is 85.3 Å². The molecule has 3 rings (SSSR count). The van der Waals surface area contributed by atoms with Crippen LogP contribution in [0.3, 0.4) is 0 Å². The second kappa shape index (κ2) is 12.8. The molecule has 32 heavy (non-hydrogen) atoms. The van der Waals surface area contributed by atoms with Crippen molar-refractivity contribution in [1.29, 1.82) is 0 Å². The molecule has 0 aliphatic heterocycles. The fraction of sp³-hybridized carbons (Fsp3) is 0.567. The van der Waals surface area contributed by atoms with Crippen LogP contribution in [0.1, 0.15) is 125 Å². The van der Waals surface area contributed by atoms with E-state index in [1.807, 2.05) is 24.3 Å². The molecule has 174 valence electrons. The Labute approximate surface area is 195 Å². The molecule has 2 nitrogen and oxygen atoms in total. The zero-order chi connectivity index (χ0) is 22.8. The summed E-state index contributed by atoms with van der Waals surface area (Å²) in [5.41, 5.74) is 3.28. The number of esters is 1. The van der Waals surface area contributed by atoms with E-state index in [4.69, 9.17) is 4.74 Å². The van der Waals surface area contributed by atoms with E-state index < -0.39 is 0 Å². The lowest BCUT2D eigenvalue weighted by Crippen LogP contribution is -2.13. The average Bonchev–Trinajstić information content (AvgIpc) is 2.83. The average molecular weight is 435 g/mol. The zero-order valence-electron chi connectivity index (χ0n) is 20.4. The second-order valence-corrected chi connectivity index (χ2v) is 9.84. The third-order valence-corrected chi connectivity index (χ3v) is 7.31. The third kappa shape index (κ3) is 7.22. The maximum absolute atomic E-state index is 12.5. The summed E-state index contributed by atoms with van der Waals surface area (Å²) in [4.78, 5) is 12.5. The van der Waals surface area contributed by atoms with Gasteiger partial charge in [-0.2, -0.15) is 0 Å². The molecule has 0 aromatic heterocycles. The number of ether oxygens (including phenoxy) is 1. The maximum atomic E-state index is 12.5. The number of hydrogen-bond acceptors (Lipinski definition) is 2. The fourth-order valence-corrected chi connectivity index (χ4v) is 5.17. The van der Waals surface area contributed by atoms with Gasteiger partial charge in [0.25, 0.3) is 0 Å². The SMILES string of the molecule is CCCCCCC1CCC(c2ccc(OC(=O)c3ccc(C(C)CCC)cc3)cc2)CC1. The van der Waals surface area contributed by atoms with Gasteiger partial charge in [0, 0.05) is 0 Å². The van der Waals surface area contributed by atoms with E-state index in [2.05, 4.69) is 45.0 Å². The van der Waals surface area contributed by atoms with E-state index >= 15 is 0 Å². The quantitative estimate of drug-likeness (QED) is 0.200. The molecule has 2 aromatic carbocycles. The fourth-order valence-electron chi connectivity index (χ4n) is 5.17. The maximum Gasteiger partial charge on any atom is 0.343 e. The summed E-state index contributed by atoms with van der Waals surface area (Å²) in [6.45, 7) is 6.72. The Balaban J connectivity index is 1.47. The standard InChI is InChI=1S/C30H42O2/c1-4-6-7-8-10-24-11-13-26(14-12-24)27-19-21-29(22-20-27)32-30(31)28-17-15-25(16-18-28)23(3)9-5-2/h15-24,26H,4-14H2,1-3H3. The molecule has 1 unspecified atom stereocenters. The van der Waals surface area contributed by atoms with E-state index in [0.717, 1.165) is 12.3 Å². The van der Waals surface area contributed by atoms with Crippen LogP contribution in [-0.2, 0) is 0 Å². The van der Waals surface area contributed by atoms with Crippen LogP contribution in [0.25, 0.3) is 0 Å². The number of rotatable bonds is 11. The molecule has 1 fully saturated rings. The van der Waals surface area contributed by atoms with Gasteiger partial charge in [0.15, 0.2) is 0 Å². The van der Waals surface area contributed by atoms with Gasteiger partial charge in [0.2, 0.25) is 0 Å². The van der Waals surface area contributed by atoms with Gasteiger partial charge in [0.05, 0.1) is 5.56 Å². The molecule has 0 saturated heterocycles. The van der Waals surface area contributed by atoms with Crippen LogP contribution in [0.5, 0.6) is 5.75 Å². The summed E-state index contributed by atoms with van der Waals surface area (Å²) in [5, 5.41) is 0. The molecular weight excluding hydrogens is 392 g/mol. The zero-order valence-corrected chi connectivity index (χ0v) is 20.4. The first-order valence-corrected chi connectivity index (χ1v) is 13.0. The van der Waals surface area contributed by atoms with Crippen LogP contribution >= 0.6 is 0 Å². The normalized spacial score (nSPS) is 19.5. The van der Waals surface area contributed by atoms with Gasteiger partial charge < -0.3 is 4.74 Å². The van der Waals surface area contributed by atoms with Crippen LogP contribution < -0.4 is 4.74 Å². The predicted octanol–water partition coefficient (Wildman–Crippen LogP) is 9.05. The molecule has 2 aromatic rings. The summed E-state index contributed by atoms with van der Waals surface area (Å²) in [5.74, 6) is 2.46. The molecule has 0 heterocycles. The van der Waals surface area contributed by atoms with Crippen LogP contribution in [-0.4, -0.2) is 5.97 Å². The Hall–Kier alpha value is -2.09. The lowest BCUT2D eigenvalue weighted by atomic mass is 9.77. The van der Waals surface area contributed by atoms with Crippen LogP contribution in [0.2, 0.25) is 0 Å². The van der Waals surface area contributed by atoms with Crippen molar-refractivity contribution < 1.29 is 9.53 Å². The molecular formula is C30H42O2. The highest BCUT2D eigenvalue weighted by atomic mass is 16.5. The first kappa shape index (κ1) is 24.6. The Morgan fingerprint density at radius 3 is 2.19 bits per heavy atom. The second-order valence-electron chi connectivity index (χ2n) is 9.84. The molecule has 2 heteroatoms. The van der Waals surface area contributed by atoms with Crippen molar-refractivity contribution in [2.45, 2.75) is 103 Å².